The number of hydrogen-bond donors (Lipinski definition) is 1. The standard InChI is InChI=1S/C10H10N2O.2ClH/c11-6-8-3-4-9(12-7-8)10-2-1-5-13-10;;/h1-5,7H,6,11H2;2*1H. The molecule has 0 bridgehead atoms. The molecule has 0 aromatic carbocycles. The lowest BCUT2D eigenvalue weighted by atomic mass is 10.2. The summed E-state index contributed by atoms with van der Waals surface area (Å²) in [4.78, 5) is 4.22. The van der Waals surface area contributed by atoms with Crippen LogP contribution in [0.3, 0.4) is 0 Å². The summed E-state index contributed by atoms with van der Waals surface area (Å²) in [5, 5.41) is 0. The Kier molecular flexibility index (Phi) is 6.01. The minimum Gasteiger partial charge on any atom is -0.463 e. The highest BCUT2D eigenvalue weighted by Crippen LogP contribution is 2.16. The van der Waals surface area contributed by atoms with Crippen LogP contribution in [0.25, 0.3) is 11.5 Å². The van der Waals surface area contributed by atoms with Crippen LogP contribution in [0.2, 0.25) is 0 Å². The molecule has 0 spiro atoms. The summed E-state index contributed by atoms with van der Waals surface area (Å²) in [6.45, 7) is 0.519. The van der Waals surface area contributed by atoms with Crippen LogP contribution in [0.4, 0.5) is 0 Å². The van der Waals surface area contributed by atoms with Crippen molar-refractivity contribution in [1.29, 1.82) is 0 Å². The molecule has 0 radical (unpaired) electrons. The first kappa shape index (κ1) is 14.0. The number of hydrogen-bond acceptors (Lipinski definition) is 3. The van der Waals surface area contributed by atoms with Crippen molar-refractivity contribution in [3.05, 3.63) is 42.3 Å². The molecule has 0 aliphatic rings. The molecule has 2 heterocycles. The van der Waals surface area contributed by atoms with Gasteiger partial charge in [-0.1, -0.05) is 6.07 Å². The van der Waals surface area contributed by atoms with Crippen LogP contribution >= 0.6 is 24.8 Å². The number of halogens is 2. The Balaban J connectivity index is 0.000000980. The lowest BCUT2D eigenvalue weighted by Gasteiger charge is -1.97. The molecular formula is C10H12Cl2N2O. The molecule has 2 aromatic rings. The Labute approximate surface area is 101 Å². The van der Waals surface area contributed by atoms with Gasteiger partial charge in [-0.3, -0.25) is 4.98 Å². The van der Waals surface area contributed by atoms with Crippen molar-refractivity contribution in [3.63, 3.8) is 0 Å². The van der Waals surface area contributed by atoms with Gasteiger partial charge in [0.05, 0.1) is 6.26 Å². The second kappa shape index (κ2) is 6.45. The molecule has 0 fully saturated rings. The van der Waals surface area contributed by atoms with Gasteiger partial charge in [-0.15, -0.1) is 24.8 Å². The first-order valence-corrected chi connectivity index (χ1v) is 4.09. The van der Waals surface area contributed by atoms with Crippen LogP contribution < -0.4 is 5.73 Å². The summed E-state index contributed by atoms with van der Waals surface area (Å²) in [6, 6.07) is 7.57. The zero-order chi connectivity index (χ0) is 9.10. The molecule has 2 rings (SSSR count). The molecular weight excluding hydrogens is 235 g/mol. The first-order chi connectivity index (χ1) is 6.40. The van der Waals surface area contributed by atoms with Crippen molar-refractivity contribution in [1.82, 2.24) is 4.98 Å². The number of nitrogens with zero attached hydrogens (tertiary/aromatic N) is 1. The van der Waals surface area contributed by atoms with E-state index in [9.17, 15) is 0 Å². The van der Waals surface area contributed by atoms with Crippen LogP contribution in [0.15, 0.2) is 41.1 Å². The number of pyridine rings is 1. The third-order valence-corrected chi connectivity index (χ3v) is 1.83. The van der Waals surface area contributed by atoms with Gasteiger partial charge in [0, 0.05) is 12.7 Å². The Bertz CT molecular complexity index is 373. The fraction of sp³-hybridized carbons (Fsp3) is 0.100. The van der Waals surface area contributed by atoms with E-state index in [1.807, 2.05) is 24.3 Å². The van der Waals surface area contributed by atoms with Gasteiger partial charge in [0.15, 0.2) is 5.76 Å². The normalized spacial score (nSPS) is 8.87. The molecule has 3 nitrogen and oxygen atoms in total. The number of rotatable bonds is 2. The van der Waals surface area contributed by atoms with Crippen molar-refractivity contribution in [3.8, 4) is 11.5 Å². The van der Waals surface area contributed by atoms with Crippen molar-refractivity contribution < 1.29 is 4.42 Å². The van der Waals surface area contributed by atoms with Gasteiger partial charge < -0.3 is 10.2 Å². The van der Waals surface area contributed by atoms with Crippen LogP contribution in [-0.4, -0.2) is 4.98 Å². The minimum atomic E-state index is 0. The van der Waals surface area contributed by atoms with Gasteiger partial charge >= 0.3 is 0 Å². The van der Waals surface area contributed by atoms with E-state index in [0.717, 1.165) is 17.0 Å². The molecule has 2 aromatic heterocycles. The largest absolute Gasteiger partial charge is 0.463 e. The van der Waals surface area contributed by atoms with E-state index in [2.05, 4.69) is 4.98 Å². The summed E-state index contributed by atoms with van der Waals surface area (Å²) in [5.74, 6) is 0.781. The van der Waals surface area contributed by atoms with Gasteiger partial charge in [-0.05, 0) is 23.8 Å². The Hall–Kier alpha value is -1.03. The number of nitrogens with two attached hydrogens (primary N) is 1. The second-order valence-electron chi connectivity index (χ2n) is 2.73. The second-order valence-corrected chi connectivity index (χ2v) is 2.73. The molecule has 0 aliphatic carbocycles. The smallest absolute Gasteiger partial charge is 0.152 e. The van der Waals surface area contributed by atoms with Crippen molar-refractivity contribution >= 4 is 24.8 Å². The fourth-order valence-corrected chi connectivity index (χ4v) is 1.12. The average molecular weight is 247 g/mol. The Morgan fingerprint density at radius 1 is 1.20 bits per heavy atom. The zero-order valence-corrected chi connectivity index (χ0v) is 9.55. The maximum Gasteiger partial charge on any atom is 0.152 e. The Morgan fingerprint density at radius 2 is 2.00 bits per heavy atom. The lowest BCUT2D eigenvalue weighted by Crippen LogP contribution is -1.96. The maximum atomic E-state index is 5.46. The van der Waals surface area contributed by atoms with Crippen LogP contribution in [0, 0.1) is 0 Å². The van der Waals surface area contributed by atoms with E-state index in [1.54, 1.807) is 12.5 Å². The van der Waals surface area contributed by atoms with Gasteiger partial charge in [-0.25, -0.2) is 0 Å². The van der Waals surface area contributed by atoms with Crippen molar-refractivity contribution in [2.45, 2.75) is 6.54 Å². The van der Waals surface area contributed by atoms with Crippen LogP contribution in [-0.2, 0) is 6.54 Å². The first-order valence-electron chi connectivity index (χ1n) is 4.09. The predicted octanol–water partition coefficient (Wildman–Crippen LogP) is 2.64. The van der Waals surface area contributed by atoms with Gasteiger partial charge in [0.2, 0.25) is 0 Å². The van der Waals surface area contributed by atoms with E-state index >= 15 is 0 Å². The minimum absolute atomic E-state index is 0. The zero-order valence-electron chi connectivity index (χ0n) is 7.92. The third-order valence-electron chi connectivity index (χ3n) is 1.83. The summed E-state index contributed by atoms with van der Waals surface area (Å²) in [5.41, 5.74) is 7.31. The van der Waals surface area contributed by atoms with E-state index < -0.39 is 0 Å². The highest BCUT2D eigenvalue weighted by Gasteiger charge is 2.00. The summed E-state index contributed by atoms with van der Waals surface area (Å²) < 4.78 is 5.20. The van der Waals surface area contributed by atoms with Gasteiger partial charge in [-0.2, -0.15) is 0 Å². The number of aromatic nitrogens is 1. The number of furan rings is 1. The highest BCUT2D eigenvalue weighted by atomic mass is 35.5. The topological polar surface area (TPSA) is 52.0 Å². The Morgan fingerprint density at radius 3 is 2.47 bits per heavy atom. The molecule has 0 saturated heterocycles. The summed E-state index contributed by atoms with van der Waals surface area (Å²) in [6.07, 6.45) is 3.39. The average Bonchev–Trinajstić information content (AvgIpc) is 2.71. The van der Waals surface area contributed by atoms with E-state index in [4.69, 9.17) is 10.2 Å². The molecule has 15 heavy (non-hydrogen) atoms. The molecule has 0 amide bonds. The molecule has 5 heteroatoms. The molecule has 2 N–H and O–H groups in total. The van der Waals surface area contributed by atoms with E-state index in [-0.39, 0.29) is 24.8 Å². The monoisotopic (exact) mass is 246 g/mol. The lowest BCUT2D eigenvalue weighted by molar-refractivity contribution is 0.580. The predicted molar refractivity (Wildman–Crippen MR) is 64.3 cm³/mol. The summed E-state index contributed by atoms with van der Waals surface area (Å²) >= 11 is 0. The van der Waals surface area contributed by atoms with Crippen LogP contribution in [0.1, 0.15) is 5.56 Å². The maximum absolute atomic E-state index is 5.46. The van der Waals surface area contributed by atoms with Crippen molar-refractivity contribution in [2.75, 3.05) is 0 Å². The molecule has 0 saturated carbocycles. The fourth-order valence-electron chi connectivity index (χ4n) is 1.12. The van der Waals surface area contributed by atoms with Gasteiger partial charge in [0.1, 0.15) is 5.69 Å². The van der Waals surface area contributed by atoms with E-state index in [1.165, 1.54) is 0 Å². The quantitative estimate of drug-likeness (QED) is 0.887. The van der Waals surface area contributed by atoms with Gasteiger partial charge in [0.25, 0.3) is 0 Å². The molecule has 0 atom stereocenters. The van der Waals surface area contributed by atoms with Crippen molar-refractivity contribution in [2.24, 2.45) is 5.73 Å². The molecule has 0 unspecified atom stereocenters. The molecule has 0 aliphatic heterocycles. The summed E-state index contributed by atoms with van der Waals surface area (Å²) in [7, 11) is 0. The third kappa shape index (κ3) is 3.23. The van der Waals surface area contributed by atoms with Crippen LogP contribution in [0.5, 0.6) is 0 Å². The SMILES string of the molecule is Cl.Cl.NCc1ccc(-c2ccco2)nc1. The highest BCUT2D eigenvalue weighted by molar-refractivity contribution is 5.85. The molecule has 82 valence electrons. The van der Waals surface area contributed by atoms with E-state index in [0.29, 0.717) is 6.54 Å².